The summed E-state index contributed by atoms with van der Waals surface area (Å²) in [5.41, 5.74) is 0.932. The molecule has 1 N–H and O–H groups in total. The number of esters is 1. The molecule has 0 saturated heterocycles. The third kappa shape index (κ3) is 6.74. The molecule has 1 aromatic rings. The summed E-state index contributed by atoms with van der Waals surface area (Å²) in [5.74, 6) is -0.268. The fraction of sp³-hybridized carbons (Fsp3) is 0.364. The Morgan fingerprint density at radius 3 is 2.41 bits per heavy atom. The zero-order chi connectivity index (χ0) is 12.0. The van der Waals surface area contributed by atoms with Gasteiger partial charge in [0.05, 0.1) is 13.2 Å². The standard InChI is InChI=1S/C11H13Cl2NO2.ClH/c1-2-16-11(15)7-14-6-8-3-9(12)5-10(13)4-8;/h3-5,14H,2,6-7H2,1H3;1H. The minimum atomic E-state index is -0.268. The lowest BCUT2D eigenvalue weighted by molar-refractivity contribution is -0.142. The van der Waals surface area contributed by atoms with Crippen LogP contribution in [-0.2, 0) is 16.1 Å². The van der Waals surface area contributed by atoms with Gasteiger partial charge in [-0.25, -0.2) is 0 Å². The molecule has 17 heavy (non-hydrogen) atoms. The van der Waals surface area contributed by atoms with Gasteiger partial charge in [-0.1, -0.05) is 23.2 Å². The van der Waals surface area contributed by atoms with Crippen molar-refractivity contribution in [3.05, 3.63) is 33.8 Å². The highest BCUT2D eigenvalue weighted by atomic mass is 35.5. The lowest BCUT2D eigenvalue weighted by Gasteiger charge is -2.05. The molecule has 0 aromatic heterocycles. The van der Waals surface area contributed by atoms with Crippen molar-refractivity contribution in [1.29, 1.82) is 0 Å². The number of halogens is 3. The number of carbonyl (C=O) groups is 1. The van der Waals surface area contributed by atoms with E-state index in [1.54, 1.807) is 25.1 Å². The fourth-order valence-electron chi connectivity index (χ4n) is 1.23. The number of nitrogens with one attached hydrogen (secondary N) is 1. The van der Waals surface area contributed by atoms with Crippen LogP contribution >= 0.6 is 35.6 Å². The molecule has 0 atom stereocenters. The summed E-state index contributed by atoms with van der Waals surface area (Å²) in [6, 6.07) is 5.26. The predicted octanol–water partition coefficient (Wildman–Crippen LogP) is 3.07. The monoisotopic (exact) mass is 297 g/mol. The smallest absolute Gasteiger partial charge is 0.319 e. The van der Waals surface area contributed by atoms with Crippen molar-refractivity contribution in [1.82, 2.24) is 5.32 Å². The van der Waals surface area contributed by atoms with E-state index in [4.69, 9.17) is 27.9 Å². The van der Waals surface area contributed by atoms with Gasteiger partial charge in [-0.3, -0.25) is 4.79 Å². The zero-order valence-electron chi connectivity index (χ0n) is 9.33. The van der Waals surface area contributed by atoms with Crippen molar-refractivity contribution in [2.75, 3.05) is 13.2 Å². The highest BCUT2D eigenvalue weighted by molar-refractivity contribution is 6.34. The van der Waals surface area contributed by atoms with Crippen LogP contribution in [0.1, 0.15) is 12.5 Å². The van der Waals surface area contributed by atoms with E-state index >= 15 is 0 Å². The SMILES string of the molecule is CCOC(=O)CNCc1cc(Cl)cc(Cl)c1.Cl. The number of hydrogen-bond donors (Lipinski definition) is 1. The first-order valence-corrected chi connectivity index (χ1v) is 5.68. The number of hydrogen-bond acceptors (Lipinski definition) is 3. The van der Waals surface area contributed by atoms with Crippen molar-refractivity contribution in [2.24, 2.45) is 0 Å². The second kappa shape index (κ2) is 8.59. The van der Waals surface area contributed by atoms with E-state index in [9.17, 15) is 4.79 Å². The van der Waals surface area contributed by atoms with Crippen LogP contribution in [0.25, 0.3) is 0 Å². The van der Waals surface area contributed by atoms with Crippen LogP contribution in [0.15, 0.2) is 18.2 Å². The summed E-state index contributed by atoms with van der Waals surface area (Å²) in [6.07, 6.45) is 0. The second-order valence-electron chi connectivity index (χ2n) is 3.19. The molecule has 0 heterocycles. The Kier molecular flexibility index (Phi) is 8.35. The summed E-state index contributed by atoms with van der Waals surface area (Å²) in [5, 5.41) is 4.12. The molecule has 0 amide bonds. The van der Waals surface area contributed by atoms with Crippen molar-refractivity contribution in [3.8, 4) is 0 Å². The first-order chi connectivity index (χ1) is 7.61. The van der Waals surface area contributed by atoms with E-state index < -0.39 is 0 Å². The lowest BCUT2D eigenvalue weighted by Crippen LogP contribution is -2.24. The molecule has 0 saturated carbocycles. The highest BCUT2D eigenvalue weighted by Crippen LogP contribution is 2.18. The molecule has 0 fully saturated rings. The van der Waals surface area contributed by atoms with Gasteiger partial charge in [0.2, 0.25) is 0 Å². The molecule has 0 radical (unpaired) electrons. The Balaban J connectivity index is 0.00000256. The lowest BCUT2D eigenvalue weighted by atomic mass is 10.2. The Labute approximate surface area is 117 Å². The summed E-state index contributed by atoms with van der Waals surface area (Å²) in [7, 11) is 0. The molecule has 0 unspecified atom stereocenters. The molecule has 0 aliphatic rings. The van der Waals surface area contributed by atoms with Crippen molar-refractivity contribution in [3.63, 3.8) is 0 Å². The van der Waals surface area contributed by atoms with E-state index in [2.05, 4.69) is 5.32 Å². The summed E-state index contributed by atoms with van der Waals surface area (Å²) in [6.45, 7) is 2.87. The zero-order valence-corrected chi connectivity index (χ0v) is 11.7. The maximum Gasteiger partial charge on any atom is 0.319 e. The molecular weight excluding hydrogens is 284 g/mol. The maximum atomic E-state index is 11.0. The topological polar surface area (TPSA) is 38.3 Å². The first-order valence-electron chi connectivity index (χ1n) is 4.93. The summed E-state index contributed by atoms with van der Waals surface area (Å²) >= 11 is 11.7. The van der Waals surface area contributed by atoms with Gasteiger partial charge < -0.3 is 10.1 Å². The average Bonchev–Trinajstić information content (AvgIpc) is 2.16. The van der Waals surface area contributed by atoms with Crippen LogP contribution in [0.2, 0.25) is 10.0 Å². The number of ether oxygens (including phenoxy) is 1. The van der Waals surface area contributed by atoms with Crippen LogP contribution in [0.4, 0.5) is 0 Å². The van der Waals surface area contributed by atoms with Crippen LogP contribution in [0.5, 0.6) is 0 Å². The normalized spacial score (nSPS) is 9.59. The van der Waals surface area contributed by atoms with E-state index in [0.29, 0.717) is 23.2 Å². The summed E-state index contributed by atoms with van der Waals surface area (Å²) in [4.78, 5) is 11.0. The second-order valence-corrected chi connectivity index (χ2v) is 4.06. The summed E-state index contributed by atoms with van der Waals surface area (Å²) < 4.78 is 4.77. The van der Waals surface area contributed by atoms with E-state index in [-0.39, 0.29) is 24.9 Å². The maximum absolute atomic E-state index is 11.0. The third-order valence-corrected chi connectivity index (χ3v) is 2.26. The van der Waals surface area contributed by atoms with Gasteiger partial charge in [-0.2, -0.15) is 0 Å². The predicted molar refractivity (Wildman–Crippen MR) is 72.0 cm³/mol. The van der Waals surface area contributed by atoms with Gasteiger partial charge in [0.1, 0.15) is 0 Å². The first kappa shape index (κ1) is 16.5. The Hall–Kier alpha value is -0.480. The molecule has 0 bridgehead atoms. The van der Waals surface area contributed by atoms with Crippen LogP contribution < -0.4 is 5.32 Å². The van der Waals surface area contributed by atoms with Gasteiger partial charge in [-0.05, 0) is 30.7 Å². The number of benzene rings is 1. The molecule has 0 aliphatic heterocycles. The molecule has 96 valence electrons. The average molecular weight is 299 g/mol. The van der Waals surface area contributed by atoms with Crippen molar-refractivity contribution in [2.45, 2.75) is 13.5 Å². The molecule has 1 rings (SSSR count). The van der Waals surface area contributed by atoms with Crippen molar-refractivity contribution >= 4 is 41.6 Å². The van der Waals surface area contributed by atoms with Crippen LogP contribution in [0.3, 0.4) is 0 Å². The van der Waals surface area contributed by atoms with E-state index in [1.165, 1.54) is 0 Å². The number of rotatable bonds is 5. The van der Waals surface area contributed by atoms with Gasteiger partial charge in [-0.15, -0.1) is 12.4 Å². The van der Waals surface area contributed by atoms with E-state index in [0.717, 1.165) is 5.56 Å². The highest BCUT2D eigenvalue weighted by Gasteiger charge is 2.02. The minimum Gasteiger partial charge on any atom is -0.465 e. The van der Waals surface area contributed by atoms with Gasteiger partial charge >= 0.3 is 5.97 Å². The van der Waals surface area contributed by atoms with Crippen LogP contribution in [0, 0.1) is 0 Å². The molecule has 0 aliphatic carbocycles. The largest absolute Gasteiger partial charge is 0.465 e. The number of carbonyl (C=O) groups excluding carboxylic acids is 1. The van der Waals surface area contributed by atoms with Gasteiger partial charge in [0.25, 0.3) is 0 Å². The Bertz CT molecular complexity index is 351. The third-order valence-electron chi connectivity index (χ3n) is 1.83. The molecule has 6 heteroatoms. The Morgan fingerprint density at radius 2 is 1.88 bits per heavy atom. The van der Waals surface area contributed by atoms with Crippen molar-refractivity contribution < 1.29 is 9.53 Å². The molecule has 1 aromatic carbocycles. The van der Waals surface area contributed by atoms with Crippen LogP contribution in [-0.4, -0.2) is 19.1 Å². The molecule has 0 spiro atoms. The quantitative estimate of drug-likeness (QED) is 0.849. The molecular formula is C11H14Cl3NO2. The Morgan fingerprint density at radius 1 is 1.29 bits per heavy atom. The van der Waals surface area contributed by atoms with E-state index in [1.807, 2.05) is 0 Å². The van der Waals surface area contributed by atoms with Gasteiger partial charge in [0, 0.05) is 16.6 Å². The minimum absolute atomic E-state index is 0. The van der Waals surface area contributed by atoms with Gasteiger partial charge in [0.15, 0.2) is 0 Å². The fourth-order valence-corrected chi connectivity index (χ4v) is 1.81. The molecule has 3 nitrogen and oxygen atoms in total.